The molecule has 2 aromatic rings. The first-order valence-electron chi connectivity index (χ1n) is 10.0. The molecular formula is C23H26N4O4. The summed E-state index contributed by atoms with van der Waals surface area (Å²) in [4.78, 5) is 39.0. The number of rotatable bonds is 8. The van der Waals surface area contributed by atoms with E-state index in [-0.39, 0.29) is 24.6 Å². The first-order valence-corrected chi connectivity index (χ1v) is 10.0. The third-order valence-electron chi connectivity index (χ3n) is 5.11. The van der Waals surface area contributed by atoms with Crippen LogP contribution < -0.4 is 10.7 Å². The van der Waals surface area contributed by atoms with Crippen LogP contribution in [0.15, 0.2) is 65.8 Å². The number of para-hydroxylation sites is 1. The minimum absolute atomic E-state index is 0.0982. The highest BCUT2D eigenvalue weighted by Gasteiger charge is 2.37. The van der Waals surface area contributed by atoms with Gasteiger partial charge in [-0.25, -0.2) is 0 Å². The van der Waals surface area contributed by atoms with Gasteiger partial charge < -0.3 is 15.4 Å². The zero-order chi connectivity index (χ0) is 22.4. The molecule has 0 saturated carbocycles. The molecule has 2 unspecified atom stereocenters. The van der Waals surface area contributed by atoms with Crippen molar-refractivity contribution >= 4 is 29.2 Å². The number of hydrogen-bond donors (Lipinski definition) is 1. The van der Waals surface area contributed by atoms with Crippen LogP contribution in [0.3, 0.4) is 0 Å². The number of primary amides is 1. The van der Waals surface area contributed by atoms with E-state index < -0.39 is 23.8 Å². The van der Waals surface area contributed by atoms with E-state index in [4.69, 9.17) is 10.5 Å². The fourth-order valence-electron chi connectivity index (χ4n) is 3.49. The molecule has 8 nitrogen and oxygen atoms in total. The number of carbonyl (C=O) groups is 3. The highest BCUT2D eigenvalue weighted by atomic mass is 16.5. The van der Waals surface area contributed by atoms with E-state index in [9.17, 15) is 14.4 Å². The number of amides is 2. The number of hydrogen-bond acceptors (Lipinski definition) is 6. The molecule has 0 fully saturated rings. The summed E-state index contributed by atoms with van der Waals surface area (Å²) in [7, 11) is 1.32. The maximum atomic E-state index is 13.4. The maximum absolute atomic E-state index is 13.4. The number of benzene rings is 2. The van der Waals surface area contributed by atoms with Gasteiger partial charge in [0.15, 0.2) is 0 Å². The molecule has 0 radical (unpaired) electrons. The first-order chi connectivity index (χ1) is 14.9. The van der Waals surface area contributed by atoms with Gasteiger partial charge in [0.2, 0.25) is 5.91 Å². The number of nitrogens with zero attached hydrogens (tertiary/aromatic N) is 3. The Morgan fingerprint density at radius 2 is 1.74 bits per heavy atom. The van der Waals surface area contributed by atoms with E-state index in [1.165, 1.54) is 12.1 Å². The average Bonchev–Trinajstić information content (AvgIpc) is 3.24. The van der Waals surface area contributed by atoms with Gasteiger partial charge in [0.25, 0.3) is 5.91 Å². The van der Waals surface area contributed by atoms with Crippen LogP contribution in [0.5, 0.6) is 0 Å². The topological polar surface area (TPSA) is 105 Å². The Morgan fingerprint density at radius 1 is 1.13 bits per heavy atom. The van der Waals surface area contributed by atoms with Gasteiger partial charge in [0, 0.05) is 19.5 Å². The molecule has 3 rings (SSSR count). The van der Waals surface area contributed by atoms with E-state index in [2.05, 4.69) is 5.10 Å². The van der Waals surface area contributed by atoms with Gasteiger partial charge in [-0.05, 0) is 17.7 Å². The summed E-state index contributed by atoms with van der Waals surface area (Å²) < 4.78 is 4.82. The molecule has 0 aromatic heterocycles. The van der Waals surface area contributed by atoms with Crippen molar-refractivity contribution in [1.82, 2.24) is 4.90 Å². The predicted molar refractivity (Wildman–Crippen MR) is 117 cm³/mol. The van der Waals surface area contributed by atoms with Gasteiger partial charge in [0.1, 0.15) is 11.8 Å². The lowest BCUT2D eigenvalue weighted by molar-refractivity contribution is -0.146. The van der Waals surface area contributed by atoms with Crippen LogP contribution in [0.2, 0.25) is 0 Å². The zero-order valence-corrected chi connectivity index (χ0v) is 17.6. The third kappa shape index (κ3) is 5.28. The number of methoxy groups -OCH3 is 1. The summed E-state index contributed by atoms with van der Waals surface area (Å²) >= 11 is 0. The molecule has 0 saturated heterocycles. The van der Waals surface area contributed by atoms with E-state index >= 15 is 0 Å². The number of ether oxygens (including phenoxy) is 1. The number of anilines is 1. The molecule has 1 heterocycles. The quantitative estimate of drug-likeness (QED) is 0.655. The summed E-state index contributed by atoms with van der Waals surface area (Å²) in [5.41, 5.74) is 7.40. The van der Waals surface area contributed by atoms with E-state index in [1.807, 2.05) is 48.5 Å². The van der Waals surface area contributed by atoms with Crippen molar-refractivity contribution in [2.45, 2.75) is 25.9 Å². The second-order valence-corrected chi connectivity index (χ2v) is 7.44. The summed E-state index contributed by atoms with van der Waals surface area (Å²) in [5.74, 6) is -1.82. The van der Waals surface area contributed by atoms with Gasteiger partial charge in [-0.3, -0.25) is 19.4 Å². The Morgan fingerprint density at radius 3 is 2.32 bits per heavy atom. The molecule has 1 aliphatic rings. The van der Waals surface area contributed by atoms with Crippen LogP contribution in [-0.4, -0.2) is 48.1 Å². The molecule has 31 heavy (non-hydrogen) atoms. The Kier molecular flexibility index (Phi) is 7.02. The normalized spacial score (nSPS) is 16.4. The second kappa shape index (κ2) is 9.88. The van der Waals surface area contributed by atoms with Gasteiger partial charge in [0.05, 0.1) is 18.7 Å². The molecule has 2 N–H and O–H groups in total. The highest BCUT2D eigenvalue weighted by molar-refractivity contribution is 6.40. The molecule has 2 amide bonds. The molecule has 2 atom stereocenters. The van der Waals surface area contributed by atoms with E-state index in [0.717, 1.165) is 5.56 Å². The van der Waals surface area contributed by atoms with Crippen LogP contribution in [-0.2, 0) is 25.7 Å². The number of esters is 1. The second-order valence-electron chi connectivity index (χ2n) is 7.44. The standard InChI is InChI=1S/C23H26N4O4/c1-16(23(30)31-2)14-26(15-17-9-5-3-6-10-17)22(29)19-13-20(21(24)28)27(25-19)18-11-7-4-8-12-18/h3-12,16,20H,13-15H2,1-2H3,(H2,24,28). The Balaban J connectivity index is 1.88. The van der Waals surface area contributed by atoms with Crippen molar-refractivity contribution in [3.05, 3.63) is 66.2 Å². The smallest absolute Gasteiger partial charge is 0.310 e. The monoisotopic (exact) mass is 422 g/mol. The third-order valence-corrected chi connectivity index (χ3v) is 5.11. The fraction of sp³-hybridized carbons (Fsp3) is 0.304. The van der Waals surface area contributed by atoms with Gasteiger partial charge in [-0.1, -0.05) is 55.5 Å². The summed E-state index contributed by atoms with van der Waals surface area (Å²) in [6.45, 7) is 2.16. The van der Waals surface area contributed by atoms with Crippen molar-refractivity contribution in [2.24, 2.45) is 16.8 Å². The van der Waals surface area contributed by atoms with Crippen LogP contribution in [0.4, 0.5) is 5.69 Å². The average molecular weight is 422 g/mol. The van der Waals surface area contributed by atoms with Gasteiger partial charge in [-0.2, -0.15) is 5.10 Å². The molecule has 0 aliphatic carbocycles. The molecule has 2 aromatic carbocycles. The number of carbonyl (C=O) groups excluding carboxylic acids is 3. The minimum Gasteiger partial charge on any atom is -0.469 e. The Labute approximate surface area is 181 Å². The molecular weight excluding hydrogens is 396 g/mol. The number of hydrazone groups is 1. The van der Waals surface area contributed by atoms with Crippen LogP contribution in [0.25, 0.3) is 0 Å². The van der Waals surface area contributed by atoms with Crippen molar-refractivity contribution in [1.29, 1.82) is 0 Å². The van der Waals surface area contributed by atoms with Gasteiger partial charge >= 0.3 is 5.97 Å². The summed E-state index contributed by atoms with van der Waals surface area (Å²) in [6, 6.07) is 17.8. The number of nitrogens with two attached hydrogens (primary N) is 1. The molecule has 1 aliphatic heterocycles. The minimum atomic E-state index is -0.752. The zero-order valence-electron chi connectivity index (χ0n) is 17.6. The van der Waals surface area contributed by atoms with Crippen molar-refractivity contribution in [3.8, 4) is 0 Å². The van der Waals surface area contributed by atoms with Gasteiger partial charge in [-0.15, -0.1) is 0 Å². The van der Waals surface area contributed by atoms with Crippen LogP contribution in [0, 0.1) is 5.92 Å². The van der Waals surface area contributed by atoms with Crippen LogP contribution >= 0.6 is 0 Å². The highest BCUT2D eigenvalue weighted by Crippen LogP contribution is 2.25. The lowest BCUT2D eigenvalue weighted by Gasteiger charge is -2.25. The SMILES string of the molecule is COC(=O)C(C)CN(Cc1ccccc1)C(=O)C1=NN(c2ccccc2)C(C(N)=O)C1. The van der Waals surface area contributed by atoms with Crippen LogP contribution in [0.1, 0.15) is 18.9 Å². The predicted octanol–water partition coefficient (Wildman–Crippen LogP) is 1.94. The maximum Gasteiger partial charge on any atom is 0.310 e. The molecule has 0 spiro atoms. The fourth-order valence-corrected chi connectivity index (χ4v) is 3.49. The summed E-state index contributed by atoms with van der Waals surface area (Å²) in [5, 5.41) is 5.92. The van der Waals surface area contributed by atoms with Crippen molar-refractivity contribution in [3.63, 3.8) is 0 Å². The largest absolute Gasteiger partial charge is 0.469 e. The summed E-state index contributed by atoms with van der Waals surface area (Å²) in [6.07, 6.45) is 0.0982. The van der Waals surface area contributed by atoms with Crippen molar-refractivity contribution < 1.29 is 19.1 Å². The van der Waals surface area contributed by atoms with Crippen molar-refractivity contribution in [2.75, 3.05) is 18.7 Å². The lowest BCUT2D eigenvalue weighted by atomic mass is 10.1. The molecule has 0 bridgehead atoms. The molecule has 162 valence electrons. The molecule has 8 heteroatoms. The lowest BCUT2D eigenvalue weighted by Crippen LogP contribution is -2.42. The Bertz CT molecular complexity index is 962. The first kappa shape index (κ1) is 22.0. The van der Waals surface area contributed by atoms with E-state index in [0.29, 0.717) is 12.2 Å². The van der Waals surface area contributed by atoms with E-state index in [1.54, 1.807) is 24.0 Å². The Hall–Kier alpha value is -3.68.